The van der Waals surface area contributed by atoms with E-state index in [1.807, 2.05) is 60.7 Å². The summed E-state index contributed by atoms with van der Waals surface area (Å²) in [7, 11) is 0. The van der Waals surface area contributed by atoms with E-state index in [9.17, 15) is 0 Å². The van der Waals surface area contributed by atoms with Gasteiger partial charge in [-0.3, -0.25) is 0 Å². The molecule has 0 amide bonds. The predicted molar refractivity (Wildman–Crippen MR) is 226 cm³/mol. The van der Waals surface area contributed by atoms with Crippen LogP contribution in [-0.2, 0) is 0 Å². The lowest BCUT2D eigenvalue weighted by Crippen LogP contribution is -2.24. The Morgan fingerprint density at radius 3 is 1.88 bits per heavy atom. The molecule has 11 rings (SSSR count). The molecule has 5 nitrogen and oxygen atoms in total. The van der Waals surface area contributed by atoms with Gasteiger partial charge in [-0.25, -0.2) is 15.0 Å². The van der Waals surface area contributed by atoms with Gasteiger partial charge < -0.3 is 8.83 Å². The molecule has 10 aromatic rings. The lowest BCUT2D eigenvalue weighted by atomic mass is 9.90. The molecular weight excluding hydrogens is 687 g/mol. The molecule has 0 bridgehead atoms. The largest absolute Gasteiger partial charge is 0.456 e. The second kappa shape index (κ2) is 13.2. The summed E-state index contributed by atoms with van der Waals surface area (Å²) in [5.41, 5.74) is 12.7. The van der Waals surface area contributed by atoms with Crippen molar-refractivity contribution in [3.05, 3.63) is 186 Å². The van der Waals surface area contributed by atoms with Gasteiger partial charge in [0.05, 0.1) is 11.4 Å². The number of benzene rings is 7. The highest BCUT2D eigenvalue weighted by molar-refractivity contribution is 5.88. The summed E-state index contributed by atoms with van der Waals surface area (Å²) in [5, 5.41) is 4.80. The third kappa shape index (κ3) is 5.78. The minimum absolute atomic E-state index is 0.259. The van der Waals surface area contributed by atoms with E-state index in [0.717, 1.165) is 73.1 Å². The Bertz CT molecular complexity index is 3180. The summed E-state index contributed by atoms with van der Waals surface area (Å²) in [6.45, 7) is 0. The molecule has 0 radical (unpaired) electrons. The van der Waals surface area contributed by atoms with Crippen molar-refractivity contribution in [2.45, 2.75) is 12.3 Å². The van der Waals surface area contributed by atoms with Gasteiger partial charge in [-0.1, -0.05) is 133 Å². The molecule has 264 valence electrons. The Kier molecular flexibility index (Phi) is 7.56. The highest BCUT2D eigenvalue weighted by Gasteiger charge is 2.17. The lowest BCUT2D eigenvalue weighted by Gasteiger charge is -2.14. The second-order valence-electron chi connectivity index (χ2n) is 14.4. The van der Waals surface area contributed by atoms with Crippen molar-refractivity contribution in [2.75, 3.05) is 0 Å². The first-order chi connectivity index (χ1) is 27.7. The molecular formula is C51H33N3O2. The van der Waals surface area contributed by atoms with E-state index in [1.54, 1.807) is 0 Å². The fourth-order valence-corrected chi connectivity index (χ4v) is 7.88. The molecule has 0 aliphatic heterocycles. The molecule has 0 saturated heterocycles. The minimum Gasteiger partial charge on any atom is -0.456 e. The van der Waals surface area contributed by atoms with Crippen molar-refractivity contribution in [1.29, 1.82) is 0 Å². The van der Waals surface area contributed by atoms with E-state index in [2.05, 4.69) is 121 Å². The van der Waals surface area contributed by atoms with Crippen LogP contribution in [0.25, 0.3) is 101 Å². The number of oxazole rings is 1. The SMILES string of the molecule is C1=c2oc3ccccc3c2=CC(c2ccc(-c3cc(-c4ccc(-c5ccc6ccccc6c5)cc4)nc(-c4ccc(-c5nc6ccccc6o5)cc4)n3)cc2)C1. The van der Waals surface area contributed by atoms with Crippen LogP contribution in [0, 0.1) is 0 Å². The molecule has 3 heterocycles. The van der Waals surface area contributed by atoms with Gasteiger partial charge in [0.2, 0.25) is 5.89 Å². The maximum atomic E-state index is 6.12. The average molecular weight is 720 g/mol. The maximum absolute atomic E-state index is 6.12. The average Bonchev–Trinajstić information content (AvgIpc) is 3.88. The van der Waals surface area contributed by atoms with E-state index in [1.165, 1.54) is 27.1 Å². The molecule has 0 fully saturated rings. The van der Waals surface area contributed by atoms with Gasteiger partial charge in [-0.15, -0.1) is 0 Å². The number of rotatable bonds is 6. The zero-order valence-corrected chi connectivity index (χ0v) is 30.3. The molecule has 0 spiro atoms. The molecule has 1 atom stereocenters. The van der Waals surface area contributed by atoms with Crippen molar-refractivity contribution >= 4 is 45.0 Å². The molecule has 0 saturated carbocycles. The summed E-state index contributed by atoms with van der Waals surface area (Å²) in [5.74, 6) is 1.50. The highest BCUT2D eigenvalue weighted by Crippen LogP contribution is 2.33. The van der Waals surface area contributed by atoms with Crippen molar-refractivity contribution in [3.8, 4) is 56.5 Å². The first-order valence-corrected chi connectivity index (χ1v) is 18.9. The van der Waals surface area contributed by atoms with Crippen molar-refractivity contribution in [2.24, 2.45) is 0 Å². The van der Waals surface area contributed by atoms with Crippen LogP contribution < -0.4 is 10.6 Å². The highest BCUT2D eigenvalue weighted by atomic mass is 16.3. The van der Waals surface area contributed by atoms with Crippen LogP contribution >= 0.6 is 0 Å². The zero-order chi connectivity index (χ0) is 37.0. The first-order valence-electron chi connectivity index (χ1n) is 18.9. The molecule has 1 unspecified atom stereocenters. The van der Waals surface area contributed by atoms with Gasteiger partial charge in [0.1, 0.15) is 16.5 Å². The topological polar surface area (TPSA) is 65.0 Å². The molecule has 56 heavy (non-hydrogen) atoms. The monoisotopic (exact) mass is 719 g/mol. The van der Waals surface area contributed by atoms with E-state index < -0.39 is 0 Å². The summed E-state index contributed by atoms with van der Waals surface area (Å²) in [4.78, 5) is 15.0. The van der Waals surface area contributed by atoms with Crippen LogP contribution in [0.15, 0.2) is 179 Å². The van der Waals surface area contributed by atoms with Gasteiger partial charge >= 0.3 is 0 Å². The number of aromatic nitrogens is 3. The predicted octanol–water partition coefficient (Wildman–Crippen LogP) is 11.6. The van der Waals surface area contributed by atoms with E-state index >= 15 is 0 Å². The normalized spacial score (nSPS) is 13.8. The Balaban J connectivity index is 0.956. The summed E-state index contributed by atoms with van der Waals surface area (Å²) >= 11 is 0. The molecule has 7 aromatic carbocycles. The first kappa shape index (κ1) is 32.1. The zero-order valence-electron chi connectivity index (χ0n) is 30.3. The molecule has 1 aliphatic carbocycles. The molecule has 3 aromatic heterocycles. The fraction of sp³-hybridized carbons (Fsp3) is 0.0392. The van der Waals surface area contributed by atoms with Crippen molar-refractivity contribution in [3.63, 3.8) is 0 Å². The Labute approximate surface area is 322 Å². The van der Waals surface area contributed by atoms with Crippen LogP contribution in [-0.4, -0.2) is 15.0 Å². The van der Waals surface area contributed by atoms with Crippen LogP contribution in [0.1, 0.15) is 17.9 Å². The number of hydrogen-bond donors (Lipinski definition) is 0. The summed E-state index contributed by atoms with van der Waals surface area (Å²) in [6.07, 6.45) is 5.46. The van der Waals surface area contributed by atoms with Crippen LogP contribution in [0.2, 0.25) is 0 Å². The van der Waals surface area contributed by atoms with E-state index in [0.29, 0.717) is 11.7 Å². The number of nitrogens with zero attached hydrogens (tertiary/aromatic N) is 3. The standard InChI is InChI=1S/C51H33N3O2/c1-2-8-39-29-40(26-17-32(39)7-1)33-13-18-35(19-14-33)45-31-46(53-50(52-45)37-22-24-38(25-23-37)51-54-44-10-4-6-12-49(44)56-51)36-20-15-34(16-21-36)41-27-28-48-43(30-41)42-9-3-5-11-47(42)55-48/h1-26,28-31,41H,27H2. The lowest BCUT2D eigenvalue weighted by molar-refractivity contribution is 0.570. The van der Waals surface area contributed by atoms with Crippen LogP contribution in [0.4, 0.5) is 0 Å². The van der Waals surface area contributed by atoms with Gasteiger partial charge in [-0.05, 0) is 82.4 Å². The third-order valence-corrected chi connectivity index (χ3v) is 10.9. The number of furan rings is 1. The maximum Gasteiger partial charge on any atom is 0.227 e. The summed E-state index contributed by atoms with van der Waals surface area (Å²) in [6, 6.07) is 58.9. The Morgan fingerprint density at radius 2 is 1.09 bits per heavy atom. The minimum atomic E-state index is 0.259. The van der Waals surface area contributed by atoms with Crippen molar-refractivity contribution in [1.82, 2.24) is 15.0 Å². The third-order valence-electron chi connectivity index (χ3n) is 10.9. The molecule has 1 aliphatic rings. The van der Waals surface area contributed by atoms with Crippen molar-refractivity contribution < 1.29 is 8.83 Å². The van der Waals surface area contributed by atoms with Gasteiger partial charge in [0.25, 0.3) is 0 Å². The molecule has 0 N–H and O–H groups in total. The second-order valence-corrected chi connectivity index (χ2v) is 14.4. The summed E-state index contributed by atoms with van der Waals surface area (Å²) < 4.78 is 12.2. The van der Waals surface area contributed by atoms with Crippen LogP contribution in [0.3, 0.4) is 0 Å². The Hall–Kier alpha value is -7.37. The quantitative estimate of drug-likeness (QED) is 0.171. The molecule has 5 heteroatoms. The number of fused-ring (bicyclic) bond motifs is 5. The number of hydrogen-bond acceptors (Lipinski definition) is 5. The Morgan fingerprint density at radius 1 is 0.464 bits per heavy atom. The van der Waals surface area contributed by atoms with Crippen LogP contribution in [0.5, 0.6) is 0 Å². The van der Waals surface area contributed by atoms with E-state index in [4.69, 9.17) is 23.8 Å². The van der Waals surface area contributed by atoms with Gasteiger partial charge in [0, 0.05) is 38.8 Å². The van der Waals surface area contributed by atoms with E-state index in [-0.39, 0.29) is 5.92 Å². The smallest absolute Gasteiger partial charge is 0.227 e. The fourth-order valence-electron chi connectivity index (χ4n) is 7.88. The van der Waals surface area contributed by atoms with Gasteiger partial charge in [-0.2, -0.15) is 0 Å². The number of para-hydroxylation sites is 3. The van der Waals surface area contributed by atoms with Gasteiger partial charge in [0.15, 0.2) is 11.4 Å².